The van der Waals surface area contributed by atoms with Crippen molar-refractivity contribution in [2.75, 3.05) is 20.1 Å². The fraction of sp³-hybridized carbons (Fsp3) is 0.611. The van der Waals surface area contributed by atoms with Crippen molar-refractivity contribution >= 4 is 17.0 Å². The highest BCUT2D eigenvalue weighted by molar-refractivity contribution is 6.06. The van der Waals surface area contributed by atoms with Crippen molar-refractivity contribution < 1.29 is 9.32 Å². The van der Waals surface area contributed by atoms with E-state index in [9.17, 15) is 4.79 Å². The first kappa shape index (κ1) is 15.6. The van der Waals surface area contributed by atoms with Crippen molar-refractivity contribution in [1.82, 2.24) is 19.9 Å². The van der Waals surface area contributed by atoms with Crippen LogP contribution in [0, 0.1) is 13.8 Å². The Bertz CT molecular complexity index is 785. The van der Waals surface area contributed by atoms with Gasteiger partial charge in [-0.3, -0.25) is 4.79 Å². The van der Waals surface area contributed by atoms with E-state index >= 15 is 0 Å². The summed E-state index contributed by atoms with van der Waals surface area (Å²) in [6.07, 6.45) is 4.58. The van der Waals surface area contributed by atoms with Crippen molar-refractivity contribution in [2.45, 2.75) is 51.6 Å². The van der Waals surface area contributed by atoms with Crippen LogP contribution in [0.4, 0.5) is 0 Å². The maximum atomic E-state index is 13.3. The first-order valence-corrected chi connectivity index (χ1v) is 8.81. The average molecular weight is 328 g/mol. The predicted octanol–water partition coefficient (Wildman–Crippen LogP) is 2.54. The molecule has 128 valence electrons. The van der Waals surface area contributed by atoms with Gasteiger partial charge in [0.2, 0.25) is 0 Å². The Kier molecular flexibility index (Phi) is 3.79. The maximum Gasteiger partial charge on any atom is 0.258 e. The molecule has 2 saturated heterocycles. The van der Waals surface area contributed by atoms with Crippen LogP contribution in [-0.2, 0) is 0 Å². The van der Waals surface area contributed by atoms with E-state index in [4.69, 9.17) is 4.52 Å². The van der Waals surface area contributed by atoms with Gasteiger partial charge in [-0.1, -0.05) is 5.16 Å². The number of aryl methyl sites for hydroxylation is 2. The SMILES string of the molecule is Cc1cc(C(=O)N2CCC[C@H]2[C@H]2CCCN2C)c2c(C)noc2n1. The molecule has 1 amide bonds. The standard InChI is InChI=1S/C18H24N4O2/c1-11-10-13(16-12(2)20-24-17(16)19-11)18(23)22-9-5-7-15(22)14-6-4-8-21(14)3/h10,14-15H,4-9H2,1-3H3/t14-,15+/m1/s1. The van der Waals surface area contributed by atoms with Gasteiger partial charge in [0.05, 0.1) is 16.6 Å². The monoisotopic (exact) mass is 328 g/mol. The lowest BCUT2D eigenvalue weighted by atomic mass is 10.0. The molecule has 24 heavy (non-hydrogen) atoms. The van der Waals surface area contributed by atoms with Gasteiger partial charge in [-0.15, -0.1) is 0 Å². The minimum absolute atomic E-state index is 0.0969. The van der Waals surface area contributed by atoms with Crippen molar-refractivity contribution in [1.29, 1.82) is 0 Å². The molecule has 0 saturated carbocycles. The average Bonchev–Trinajstić information content (AvgIpc) is 3.26. The Morgan fingerprint density at radius 2 is 1.96 bits per heavy atom. The quantitative estimate of drug-likeness (QED) is 0.848. The smallest absolute Gasteiger partial charge is 0.258 e. The summed E-state index contributed by atoms with van der Waals surface area (Å²) in [7, 11) is 2.18. The zero-order chi connectivity index (χ0) is 16.8. The normalized spacial score (nSPS) is 25.0. The number of pyridine rings is 1. The Labute approximate surface area is 141 Å². The van der Waals surface area contributed by atoms with Crippen LogP contribution in [0.2, 0.25) is 0 Å². The number of hydrogen-bond acceptors (Lipinski definition) is 5. The van der Waals surface area contributed by atoms with E-state index in [0.717, 1.165) is 42.7 Å². The molecular weight excluding hydrogens is 304 g/mol. The number of hydrogen-bond donors (Lipinski definition) is 0. The molecule has 0 bridgehead atoms. The molecule has 6 heteroatoms. The Hall–Kier alpha value is -1.95. The number of rotatable bonds is 2. The van der Waals surface area contributed by atoms with Crippen molar-refractivity contribution in [2.24, 2.45) is 0 Å². The van der Waals surface area contributed by atoms with Gasteiger partial charge in [-0.25, -0.2) is 4.98 Å². The van der Waals surface area contributed by atoms with Crippen molar-refractivity contribution in [3.63, 3.8) is 0 Å². The first-order chi connectivity index (χ1) is 11.6. The lowest BCUT2D eigenvalue weighted by Gasteiger charge is -2.33. The number of likely N-dealkylation sites (tertiary alicyclic amines) is 2. The number of aromatic nitrogens is 2. The summed E-state index contributed by atoms with van der Waals surface area (Å²) >= 11 is 0. The molecule has 2 aliphatic heterocycles. The molecule has 2 aromatic rings. The van der Waals surface area contributed by atoms with Gasteiger partial charge >= 0.3 is 0 Å². The molecule has 4 heterocycles. The number of fused-ring (bicyclic) bond motifs is 1. The molecule has 0 aliphatic carbocycles. The topological polar surface area (TPSA) is 62.5 Å². The van der Waals surface area contributed by atoms with Crippen molar-refractivity contribution in [3.05, 3.63) is 23.0 Å². The zero-order valence-corrected chi connectivity index (χ0v) is 14.6. The largest absolute Gasteiger partial charge is 0.336 e. The van der Waals surface area contributed by atoms with E-state index in [-0.39, 0.29) is 5.91 Å². The van der Waals surface area contributed by atoms with Crippen LogP contribution < -0.4 is 0 Å². The van der Waals surface area contributed by atoms with Crippen LogP contribution in [0.3, 0.4) is 0 Å². The van der Waals surface area contributed by atoms with E-state index in [1.165, 1.54) is 12.8 Å². The van der Waals surface area contributed by atoms with E-state index in [0.29, 0.717) is 23.4 Å². The third-order valence-electron chi connectivity index (χ3n) is 5.56. The number of amides is 1. The van der Waals surface area contributed by atoms with E-state index in [2.05, 4.69) is 27.0 Å². The second-order valence-electron chi connectivity index (χ2n) is 7.16. The molecule has 0 N–H and O–H groups in total. The van der Waals surface area contributed by atoms with Crippen LogP contribution in [0.25, 0.3) is 11.1 Å². The van der Waals surface area contributed by atoms with Crippen LogP contribution in [0.15, 0.2) is 10.6 Å². The second-order valence-corrected chi connectivity index (χ2v) is 7.16. The summed E-state index contributed by atoms with van der Waals surface area (Å²) in [6.45, 7) is 5.72. The molecular formula is C18H24N4O2. The summed E-state index contributed by atoms with van der Waals surface area (Å²) in [5.41, 5.74) is 2.67. The van der Waals surface area contributed by atoms with E-state index in [1.807, 2.05) is 19.9 Å². The number of nitrogens with zero attached hydrogens (tertiary/aromatic N) is 4. The minimum Gasteiger partial charge on any atom is -0.336 e. The fourth-order valence-corrected chi connectivity index (χ4v) is 4.41. The summed E-state index contributed by atoms with van der Waals surface area (Å²) < 4.78 is 5.29. The van der Waals surface area contributed by atoms with Crippen LogP contribution >= 0.6 is 0 Å². The number of likely N-dealkylation sites (N-methyl/N-ethyl adjacent to an activating group) is 1. The number of carbonyl (C=O) groups excluding carboxylic acids is 1. The maximum absolute atomic E-state index is 13.3. The zero-order valence-electron chi connectivity index (χ0n) is 14.6. The van der Waals surface area contributed by atoms with E-state index in [1.54, 1.807) is 0 Å². The molecule has 2 aliphatic rings. The van der Waals surface area contributed by atoms with Crippen LogP contribution in [0.1, 0.15) is 47.4 Å². The van der Waals surface area contributed by atoms with Gasteiger partial charge in [0.15, 0.2) is 0 Å². The minimum atomic E-state index is 0.0969. The van der Waals surface area contributed by atoms with Gasteiger partial charge in [0.1, 0.15) is 0 Å². The van der Waals surface area contributed by atoms with Crippen LogP contribution in [-0.4, -0.2) is 58.1 Å². The summed E-state index contributed by atoms with van der Waals surface area (Å²) in [5, 5.41) is 4.76. The van der Waals surface area contributed by atoms with E-state index < -0.39 is 0 Å². The Morgan fingerprint density at radius 3 is 2.71 bits per heavy atom. The molecule has 0 spiro atoms. The summed E-state index contributed by atoms with van der Waals surface area (Å²) in [4.78, 5) is 22.2. The molecule has 0 aromatic carbocycles. The van der Waals surface area contributed by atoms with Crippen LogP contribution in [0.5, 0.6) is 0 Å². The highest BCUT2D eigenvalue weighted by Crippen LogP contribution is 2.32. The van der Waals surface area contributed by atoms with Gasteiger partial charge in [0.25, 0.3) is 11.6 Å². The fourth-order valence-electron chi connectivity index (χ4n) is 4.41. The molecule has 2 aromatic heterocycles. The summed E-state index contributed by atoms with van der Waals surface area (Å²) in [5.74, 6) is 0.0969. The molecule has 6 nitrogen and oxygen atoms in total. The lowest BCUT2D eigenvalue weighted by Crippen LogP contribution is -2.47. The third kappa shape index (κ3) is 2.40. The molecule has 0 radical (unpaired) electrons. The second kappa shape index (κ2) is 5.84. The predicted molar refractivity (Wildman–Crippen MR) is 91.0 cm³/mol. The molecule has 0 unspecified atom stereocenters. The lowest BCUT2D eigenvalue weighted by molar-refractivity contribution is 0.0666. The molecule has 2 atom stereocenters. The van der Waals surface area contributed by atoms with Gasteiger partial charge in [0, 0.05) is 24.3 Å². The first-order valence-electron chi connectivity index (χ1n) is 8.81. The Balaban J connectivity index is 1.72. The highest BCUT2D eigenvalue weighted by atomic mass is 16.5. The number of carbonyl (C=O) groups is 1. The van der Waals surface area contributed by atoms with Gasteiger partial charge in [-0.05, 0) is 59.2 Å². The third-order valence-corrected chi connectivity index (χ3v) is 5.56. The highest BCUT2D eigenvalue weighted by Gasteiger charge is 2.39. The summed E-state index contributed by atoms with van der Waals surface area (Å²) in [6, 6.07) is 2.68. The van der Waals surface area contributed by atoms with Crippen molar-refractivity contribution in [3.8, 4) is 0 Å². The molecule has 2 fully saturated rings. The Morgan fingerprint density at radius 1 is 1.21 bits per heavy atom. The van der Waals surface area contributed by atoms with Gasteiger partial charge in [-0.2, -0.15) is 0 Å². The van der Waals surface area contributed by atoms with Gasteiger partial charge < -0.3 is 14.3 Å². The molecule has 4 rings (SSSR count).